The number of carbonyl (C=O) groups is 2. The van der Waals surface area contributed by atoms with Crippen LogP contribution in [0, 0.1) is 23.5 Å². The molecular formula is C21H27F2N3O2. The molecule has 0 aromatic heterocycles. The standard InChI is InChI=1S/C21H27F2N3O2/c22-14-7-8-15(16(23)10-14)21(28)26-18-4-2-1-3-13(18)9-19(26)20(27)25-11-17(24)12-5-6-12/h7-8,10,12-13,17-19H,1-6,9,11,24H2,(H,25,27). The van der Waals surface area contributed by atoms with Gasteiger partial charge in [0.05, 0.1) is 5.56 Å². The summed E-state index contributed by atoms with van der Waals surface area (Å²) in [4.78, 5) is 27.6. The van der Waals surface area contributed by atoms with Crippen molar-refractivity contribution >= 4 is 11.8 Å². The van der Waals surface area contributed by atoms with Crippen molar-refractivity contribution in [2.24, 2.45) is 17.6 Å². The summed E-state index contributed by atoms with van der Waals surface area (Å²) >= 11 is 0. The molecule has 2 saturated carbocycles. The van der Waals surface area contributed by atoms with Gasteiger partial charge in [0.15, 0.2) is 0 Å². The van der Waals surface area contributed by atoms with Crippen molar-refractivity contribution in [1.29, 1.82) is 0 Å². The second kappa shape index (κ2) is 7.78. The molecule has 5 nitrogen and oxygen atoms in total. The largest absolute Gasteiger partial charge is 0.353 e. The minimum absolute atomic E-state index is 0.0636. The van der Waals surface area contributed by atoms with Crippen LogP contribution < -0.4 is 11.1 Å². The molecule has 0 spiro atoms. The molecule has 1 aliphatic heterocycles. The Balaban J connectivity index is 1.54. The summed E-state index contributed by atoms with van der Waals surface area (Å²) in [5.41, 5.74) is 5.90. The Morgan fingerprint density at radius 1 is 1.18 bits per heavy atom. The number of amides is 2. The molecule has 4 unspecified atom stereocenters. The predicted molar refractivity (Wildman–Crippen MR) is 100 cm³/mol. The van der Waals surface area contributed by atoms with Crippen molar-refractivity contribution in [2.75, 3.05) is 6.54 Å². The summed E-state index contributed by atoms with van der Waals surface area (Å²) in [6.45, 7) is 0.391. The number of benzene rings is 1. The molecule has 2 aliphatic carbocycles. The van der Waals surface area contributed by atoms with Gasteiger partial charge in [-0.3, -0.25) is 9.59 Å². The van der Waals surface area contributed by atoms with E-state index in [1.165, 1.54) is 6.07 Å². The minimum Gasteiger partial charge on any atom is -0.353 e. The fraction of sp³-hybridized carbons (Fsp3) is 0.619. The Bertz CT molecular complexity index is 768. The Labute approximate surface area is 163 Å². The molecule has 1 aromatic rings. The smallest absolute Gasteiger partial charge is 0.257 e. The van der Waals surface area contributed by atoms with Gasteiger partial charge in [-0.25, -0.2) is 8.78 Å². The number of nitrogens with zero attached hydrogens (tertiary/aromatic N) is 1. The third-order valence-electron chi connectivity index (χ3n) is 6.53. The summed E-state index contributed by atoms with van der Waals surface area (Å²) in [6, 6.07) is 2.20. The first-order valence-electron chi connectivity index (χ1n) is 10.3. The quantitative estimate of drug-likeness (QED) is 0.810. The number of likely N-dealkylation sites (tertiary alicyclic amines) is 1. The average molecular weight is 391 g/mol. The number of hydrogen-bond donors (Lipinski definition) is 2. The minimum atomic E-state index is -0.890. The monoisotopic (exact) mass is 391 g/mol. The average Bonchev–Trinajstić information content (AvgIpc) is 3.45. The van der Waals surface area contributed by atoms with E-state index in [-0.39, 0.29) is 29.5 Å². The molecule has 0 radical (unpaired) electrons. The lowest BCUT2D eigenvalue weighted by Gasteiger charge is -2.33. The Morgan fingerprint density at radius 3 is 2.64 bits per heavy atom. The molecule has 4 atom stereocenters. The lowest BCUT2D eigenvalue weighted by atomic mass is 9.84. The number of rotatable bonds is 5. The van der Waals surface area contributed by atoms with Crippen LogP contribution in [0.25, 0.3) is 0 Å². The van der Waals surface area contributed by atoms with E-state index >= 15 is 0 Å². The molecule has 1 saturated heterocycles. The first-order chi connectivity index (χ1) is 13.5. The van der Waals surface area contributed by atoms with Crippen LogP contribution in [0.1, 0.15) is 55.3 Å². The van der Waals surface area contributed by atoms with E-state index < -0.39 is 23.6 Å². The highest BCUT2D eigenvalue weighted by Gasteiger charge is 2.48. The molecular weight excluding hydrogens is 364 g/mol. The Kier molecular flexibility index (Phi) is 5.36. The van der Waals surface area contributed by atoms with Crippen LogP contribution >= 0.6 is 0 Å². The van der Waals surface area contributed by atoms with Crippen molar-refractivity contribution in [3.8, 4) is 0 Å². The maximum Gasteiger partial charge on any atom is 0.257 e. The summed E-state index contributed by atoms with van der Waals surface area (Å²) < 4.78 is 27.5. The van der Waals surface area contributed by atoms with Crippen molar-refractivity contribution in [2.45, 2.75) is 63.1 Å². The van der Waals surface area contributed by atoms with E-state index in [1.807, 2.05) is 0 Å². The normalized spacial score (nSPS) is 28.0. The first kappa shape index (κ1) is 19.3. The highest BCUT2D eigenvalue weighted by Crippen LogP contribution is 2.41. The van der Waals surface area contributed by atoms with Crippen molar-refractivity contribution in [3.63, 3.8) is 0 Å². The van der Waals surface area contributed by atoms with Crippen LogP contribution in [0.3, 0.4) is 0 Å². The third-order valence-corrected chi connectivity index (χ3v) is 6.53. The Morgan fingerprint density at radius 2 is 1.93 bits per heavy atom. The fourth-order valence-electron chi connectivity index (χ4n) is 4.82. The van der Waals surface area contributed by atoms with E-state index in [4.69, 9.17) is 5.73 Å². The van der Waals surface area contributed by atoms with E-state index in [0.29, 0.717) is 24.9 Å². The third kappa shape index (κ3) is 3.77. The van der Waals surface area contributed by atoms with Crippen LogP contribution in [-0.4, -0.2) is 41.4 Å². The van der Waals surface area contributed by atoms with Crippen LogP contribution in [0.5, 0.6) is 0 Å². The molecule has 28 heavy (non-hydrogen) atoms. The fourth-order valence-corrected chi connectivity index (χ4v) is 4.82. The number of carbonyl (C=O) groups excluding carboxylic acids is 2. The Hall–Kier alpha value is -2.02. The van der Waals surface area contributed by atoms with Crippen LogP contribution in [-0.2, 0) is 4.79 Å². The lowest BCUT2D eigenvalue weighted by Crippen LogP contribution is -2.51. The number of nitrogens with two attached hydrogens (primary N) is 1. The summed E-state index contributed by atoms with van der Waals surface area (Å²) in [6.07, 6.45) is 6.62. The van der Waals surface area contributed by atoms with Gasteiger partial charge in [-0.2, -0.15) is 0 Å². The molecule has 1 aromatic carbocycles. The van der Waals surface area contributed by atoms with Crippen LogP contribution in [0.4, 0.5) is 8.78 Å². The second-order valence-electron chi connectivity index (χ2n) is 8.45. The summed E-state index contributed by atoms with van der Waals surface area (Å²) in [7, 11) is 0. The molecule has 0 bridgehead atoms. The zero-order valence-electron chi connectivity index (χ0n) is 15.9. The summed E-state index contributed by atoms with van der Waals surface area (Å²) in [5.74, 6) is -1.65. The SMILES string of the molecule is NC(CNC(=O)C1CC2CCCCC2N1C(=O)c1ccc(F)cc1F)C1CC1. The van der Waals surface area contributed by atoms with Crippen molar-refractivity contribution in [1.82, 2.24) is 10.2 Å². The van der Waals surface area contributed by atoms with Gasteiger partial charge in [0.25, 0.3) is 5.91 Å². The molecule has 3 aliphatic rings. The number of fused-ring (bicyclic) bond motifs is 1. The molecule has 3 fully saturated rings. The molecule has 4 rings (SSSR count). The zero-order valence-corrected chi connectivity index (χ0v) is 15.9. The first-order valence-corrected chi connectivity index (χ1v) is 10.3. The van der Waals surface area contributed by atoms with Crippen molar-refractivity contribution in [3.05, 3.63) is 35.4 Å². The van der Waals surface area contributed by atoms with E-state index in [1.54, 1.807) is 4.90 Å². The van der Waals surface area contributed by atoms with Crippen molar-refractivity contribution < 1.29 is 18.4 Å². The highest BCUT2D eigenvalue weighted by molar-refractivity contribution is 5.98. The van der Waals surface area contributed by atoms with Gasteiger partial charge in [0.1, 0.15) is 17.7 Å². The van der Waals surface area contributed by atoms with E-state index in [9.17, 15) is 18.4 Å². The predicted octanol–water partition coefficient (Wildman–Crippen LogP) is 2.59. The van der Waals surface area contributed by atoms with Gasteiger partial charge in [-0.15, -0.1) is 0 Å². The topological polar surface area (TPSA) is 75.4 Å². The van der Waals surface area contributed by atoms with Gasteiger partial charge in [-0.05, 0) is 56.1 Å². The zero-order chi connectivity index (χ0) is 19.8. The molecule has 7 heteroatoms. The number of halogens is 2. The van der Waals surface area contributed by atoms with Gasteiger partial charge < -0.3 is 16.0 Å². The molecule has 3 N–H and O–H groups in total. The van der Waals surface area contributed by atoms with Gasteiger partial charge in [-0.1, -0.05) is 12.8 Å². The lowest BCUT2D eigenvalue weighted by molar-refractivity contribution is -0.125. The maximum atomic E-state index is 14.3. The number of hydrogen-bond acceptors (Lipinski definition) is 3. The molecule has 2 amide bonds. The van der Waals surface area contributed by atoms with E-state index in [0.717, 1.165) is 44.6 Å². The highest BCUT2D eigenvalue weighted by atomic mass is 19.1. The molecule has 152 valence electrons. The summed E-state index contributed by atoms with van der Waals surface area (Å²) in [5, 5.41) is 2.90. The molecule has 1 heterocycles. The van der Waals surface area contributed by atoms with Gasteiger partial charge in [0.2, 0.25) is 5.91 Å². The maximum absolute atomic E-state index is 14.3. The van der Waals surface area contributed by atoms with E-state index in [2.05, 4.69) is 5.32 Å². The van der Waals surface area contributed by atoms with Gasteiger partial charge in [0, 0.05) is 24.7 Å². The number of nitrogens with one attached hydrogen (secondary N) is 1. The van der Waals surface area contributed by atoms with Gasteiger partial charge >= 0.3 is 0 Å². The van der Waals surface area contributed by atoms with Crippen LogP contribution in [0.15, 0.2) is 18.2 Å². The van der Waals surface area contributed by atoms with Crippen LogP contribution in [0.2, 0.25) is 0 Å². The second-order valence-corrected chi connectivity index (χ2v) is 8.45.